The van der Waals surface area contributed by atoms with Crippen LogP contribution in [0.25, 0.3) is 11.0 Å². The zero-order valence-corrected chi connectivity index (χ0v) is 17.6. The SMILES string of the molecule is CCn1c(=O)c(C)nc2cc(C(=O)Nc3ccc(N4CCCCCC4)cc3)ccc21. The Bertz CT molecular complexity index is 1110. The lowest BCUT2D eigenvalue weighted by Crippen LogP contribution is -2.24. The molecule has 0 unspecified atom stereocenters. The molecule has 2 aromatic carbocycles. The smallest absolute Gasteiger partial charge is 0.272 e. The molecule has 1 fully saturated rings. The van der Waals surface area contributed by atoms with Crippen LogP contribution in [-0.4, -0.2) is 28.5 Å². The van der Waals surface area contributed by atoms with Crippen LogP contribution in [0.15, 0.2) is 47.3 Å². The average molecular weight is 405 g/mol. The van der Waals surface area contributed by atoms with Gasteiger partial charge in [-0.15, -0.1) is 0 Å². The second kappa shape index (κ2) is 8.69. The summed E-state index contributed by atoms with van der Waals surface area (Å²) in [7, 11) is 0. The van der Waals surface area contributed by atoms with Gasteiger partial charge in [0.25, 0.3) is 11.5 Å². The Hall–Kier alpha value is -3.15. The van der Waals surface area contributed by atoms with E-state index in [-0.39, 0.29) is 11.5 Å². The maximum Gasteiger partial charge on any atom is 0.272 e. The van der Waals surface area contributed by atoms with Crippen LogP contribution in [0.4, 0.5) is 11.4 Å². The van der Waals surface area contributed by atoms with Crippen molar-refractivity contribution in [2.75, 3.05) is 23.3 Å². The highest BCUT2D eigenvalue weighted by Crippen LogP contribution is 2.22. The van der Waals surface area contributed by atoms with Crippen LogP contribution in [0, 0.1) is 6.92 Å². The minimum atomic E-state index is -0.187. The van der Waals surface area contributed by atoms with E-state index < -0.39 is 0 Å². The van der Waals surface area contributed by atoms with Gasteiger partial charge >= 0.3 is 0 Å². The Kier molecular flexibility index (Phi) is 5.84. The first-order valence-electron chi connectivity index (χ1n) is 10.7. The summed E-state index contributed by atoms with van der Waals surface area (Å²) in [6.07, 6.45) is 5.08. The van der Waals surface area contributed by atoms with Crippen molar-refractivity contribution in [1.29, 1.82) is 0 Å². The first-order valence-corrected chi connectivity index (χ1v) is 10.7. The molecule has 1 aliphatic heterocycles. The number of carbonyl (C=O) groups is 1. The van der Waals surface area contributed by atoms with Gasteiger partial charge in [0.15, 0.2) is 0 Å². The molecule has 30 heavy (non-hydrogen) atoms. The fraction of sp³-hybridized carbons (Fsp3) is 0.375. The topological polar surface area (TPSA) is 67.2 Å². The van der Waals surface area contributed by atoms with Crippen molar-refractivity contribution in [3.8, 4) is 0 Å². The number of carbonyl (C=O) groups excluding carboxylic acids is 1. The molecule has 1 saturated heterocycles. The number of anilines is 2. The first kappa shape index (κ1) is 20.1. The molecule has 0 atom stereocenters. The van der Waals surface area contributed by atoms with Gasteiger partial charge in [0.2, 0.25) is 0 Å². The third-order valence-corrected chi connectivity index (χ3v) is 5.78. The van der Waals surface area contributed by atoms with E-state index in [1.54, 1.807) is 29.7 Å². The summed E-state index contributed by atoms with van der Waals surface area (Å²) in [5.74, 6) is -0.187. The summed E-state index contributed by atoms with van der Waals surface area (Å²) >= 11 is 0. The number of rotatable bonds is 4. The van der Waals surface area contributed by atoms with Crippen LogP contribution in [-0.2, 0) is 6.54 Å². The summed E-state index contributed by atoms with van der Waals surface area (Å²) < 4.78 is 1.68. The van der Waals surface area contributed by atoms with E-state index in [4.69, 9.17) is 0 Å². The molecule has 2 heterocycles. The highest BCUT2D eigenvalue weighted by molar-refractivity contribution is 6.06. The number of hydrogen-bond acceptors (Lipinski definition) is 4. The van der Waals surface area contributed by atoms with Gasteiger partial charge in [0.05, 0.1) is 11.0 Å². The molecule has 0 bridgehead atoms. The molecular weight excluding hydrogens is 376 g/mol. The van der Waals surface area contributed by atoms with Crippen LogP contribution in [0.3, 0.4) is 0 Å². The van der Waals surface area contributed by atoms with Gasteiger partial charge in [-0.1, -0.05) is 12.8 Å². The van der Waals surface area contributed by atoms with E-state index in [0.29, 0.717) is 23.3 Å². The van der Waals surface area contributed by atoms with Gasteiger partial charge in [0.1, 0.15) is 5.69 Å². The Labute approximate surface area is 176 Å². The van der Waals surface area contributed by atoms with Crippen LogP contribution in [0.2, 0.25) is 0 Å². The van der Waals surface area contributed by atoms with Crippen LogP contribution < -0.4 is 15.8 Å². The number of aromatic nitrogens is 2. The summed E-state index contributed by atoms with van der Waals surface area (Å²) in [4.78, 5) is 31.8. The largest absolute Gasteiger partial charge is 0.372 e. The second-order valence-electron chi connectivity index (χ2n) is 7.85. The third-order valence-electron chi connectivity index (χ3n) is 5.78. The lowest BCUT2D eigenvalue weighted by molar-refractivity contribution is 0.102. The van der Waals surface area contributed by atoms with Crippen LogP contribution in [0.1, 0.15) is 48.7 Å². The molecule has 4 rings (SSSR count). The number of aryl methyl sites for hydroxylation is 2. The molecule has 6 heteroatoms. The minimum Gasteiger partial charge on any atom is -0.372 e. The lowest BCUT2D eigenvalue weighted by atomic mass is 10.1. The number of fused-ring (bicyclic) bond motifs is 1. The Morgan fingerprint density at radius 1 is 1.03 bits per heavy atom. The molecule has 0 spiro atoms. The van der Waals surface area contributed by atoms with Gasteiger partial charge < -0.3 is 14.8 Å². The highest BCUT2D eigenvalue weighted by atomic mass is 16.1. The fourth-order valence-corrected chi connectivity index (χ4v) is 4.12. The molecule has 1 amide bonds. The Morgan fingerprint density at radius 2 is 1.73 bits per heavy atom. The van der Waals surface area contributed by atoms with Gasteiger partial charge in [0, 0.05) is 36.6 Å². The first-order chi connectivity index (χ1) is 14.6. The average Bonchev–Trinajstić information content (AvgIpc) is 3.04. The number of hydrogen-bond donors (Lipinski definition) is 1. The lowest BCUT2D eigenvalue weighted by Gasteiger charge is -2.22. The molecule has 0 radical (unpaired) electrons. The summed E-state index contributed by atoms with van der Waals surface area (Å²) in [5, 5.41) is 2.97. The van der Waals surface area contributed by atoms with E-state index >= 15 is 0 Å². The van der Waals surface area contributed by atoms with Gasteiger partial charge in [-0.2, -0.15) is 0 Å². The van der Waals surface area contributed by atoms with E-state index in [2.05, 4.69) is 27.3 Å². The maximum atomic E-state index is 12.8. The molecule has 3 aromatic rings. The van der Waals surface area contributed by atoms with E-state index in [9.17, 15) is 9.59 Å². The van der Waals surface area contributed by atoms with E-state index in [1.807, 2.05) is 19.1 Å². The van der Waals surface area contributed by atoms with Crippen molar-refractivity contribution in [3.05, 3.63) is 64.1 Å². The predicted molar refractivity (Wildman–Crippen MR) is 121 cm³/mol. The van der Waals surface area contributed by atoms with Crippen molar-refractivity contribution in [2.45, 2.75) is 46.1 Å². The van der Waals surface area contributed by atoms with Crippen molar-refractivity contribution in [1.82, 2.24) is 9.55 Å². The number of benzene rings is 2. The molecule has 0 saturated carbocycles. The maximum absolute atomic E-state index is 12.8. The number of nitrogens with zero attached hydrogens (tertiary/aromatic N) is 3. The standard InChI is InChI=1S/C24H28N4O2/c1-3-28-22-13-8-18(16-21(22)25-17(2)24(28)30)23(29)26-19-9-11-20(12-10-19)27-14-6-4-5-7-15-27/h8-13,16H,3-7,14-15H2,1-2H3,(H,26,29). The molecule has 6 nitrogen and oxygen atoms in total. The van der Waals surface area contributed by atoms with Gasteiger partial charge in [-0.25, -0.2) is 4.98 Å². The zero-order chi connectivity index (χ0) is 21.1. The number of amides is 1. The van der Waals surface area contributed by atoms with Crippen molar-refractivity contribution >= 4 is 28.3 Å². The monoisotopic (exact) mass is 404 g/mol. The second-order valence-corrected chi connectivity index (χ2v) is 7.85. The Balaban J connectivity index is 1.52. The molecule has 156 valence electrons. The molecule has 1 aliphatic rings. The Morgan fingerprint density at radius 3 is 2.40 bits per heavy atom. The predicted octanol–water partition coefficient (Wildman–Crippen LogP) is 4.36. The van der Waals surface area contributed by atoms with Crippen molar-refractivity contribution < 1.29 is 4.79 Å². The normalized spacial score (nSPS) is 14.5. The molecular formula is C24H28N4O2. The van der Waals surface area contributed by atoms with Crippen molar-refractivity contribution in [2.24, 2.45) is 0 Å². The minimum absolute atomic E-state index is 0.0910. The molecule has 1 aromatic heterocycles. The van der Waals surface area contributed by atoms with E-state index in [1.165, 1.54) is 31.4 Å². The van der Waals surface area contributed by atoms with Gasteiger partial charge in [-0.3, -0.25) is 9.59 Å². The van der Waals surface area contributed by atoms with Gasteiger partial charge in [-0.05, 0) is 69.2 Å². The van der Waals surface area contributed by atoms with Crippen LogP contribution in [0.5, 0.6) is 0 Å². The fourth-order valence-electron chi connectivity index (χ4n) is 4.12. The number of nitrogens with one attached hydrogen (secondary N) is 1. The van der Waals surface area contributed by atoms with Crippen LogP contribution >= 0.6 is 0 Å². The highest BCUT2D eigenvalue weighted by Gasteiger charge is 2.13. The summed E-state index contributed by atoms with van der Waals surface area (Å²) in [5.41, 5.74) is 4.23. The quantitative estimate of drug-likeness (QED) is 0.702. The summed E-state index contributed by atoms with van der Waals surface area (Å²) in [6, 6.07) is 13.3. The summed E-state index contributed by atoms with van der Waals surface area (Å²) in [6.45, 7) is 6.38. The molecule has 1 N–H and O–H groups in total. The molecule has 0 aliphatic carbocycles. The van der Waals surface area contributed by atoms with Crippen molar-refractivity contribution in [3.63, 3.8) is 0 Å². The third kappa shape index (κ3) is 4.08. The van der Waals surface area contributed by atoms with E-state index in [0.717, 1.165) is 24.3 Å². The zero-order valence-electron chi connectivity index (χ0n) is 17.6.